The Balaban J connectivity index is 2.19. The number of aliphatic imine (C=N–C) groups is 2. The fourth-order valence-corrected chi connectivity index (χ4v) is 2.51. The lowest BCUT2D eigenvalue weighted by Crippen LogP contribution is -2.38. The predicted molar refractivity (Wildman–Crippen MR) is 114 cm³/mol. The van der Waals surface area contributed by atoms with Gasteiger partial charge >= 0.3 is 0 Å². The molecule has 0 spiro atoms. The number of nitrogen functional groups attached to an aromatic ring is 2. The van der Waals surface area contributed by atoms with Gasteiger partial charge in [0.15, 0.2) is 28.4 Å². The van der Waals surface area contributed by atoms with E-state index in [1.54, 1.807) is 6.92 Å². The first-order chi connectivity index (χ1) is 13.3. The molecule has 0 bridgehead atoms. The van der Waals surface area contributed by atoms with E-state index < -0.39 is 5.91 Å². The summed E-state index contributed by atoms with van der Waals surface area (Å²) in [5, 5.41) is 2.31. The average Bonchev–Trinajstić information content (AvgIpc) is 2.62. The van der Waals surface area contributed by atoms with Gasteiger partial charge in [-0.05, 0) is 19.8 Å². The van der Waals surface area contributed by atoms with Crippen molar-refractivity contribution in [1.82, 2.24) is 15.3 Å². The van der Waals surface area contributed by atoms with E-state index in [2.05, 4.69) is 25.3 Å². The summed E-state index contributed by atoms with van der Waals surface area (Å²) in [6, 6.07) is 0. The number of amidine groups is 1. The number of unbranched alkanes of at least 4 members (excludes halogenated alkanes) is 6. The van der Waals surface area contributed by atoms with Crippen LogP contribution in [0.2, 0.25) is 5.15 Å². The smallest absolute Gasteiger partial charge is 0.280 e. The molecule has 0 fully saturated rings. The zero-order valence-electron chi connectivity index (χ0n) is 16.2. The molecule has 0 saturated heterocycles. The van der Waals surface area contributed by atoms with Gasteiger partial charge in [0.25, 0.3) is 5.91 Å². The highest BCUT2D eigenvalue weighted by Crippen LogP contribution is 2.17. The second-order valence-corrected chi connectivity index (χ2v) is 6.71. The maximum atomic E-state index is 12.1. The number of nitrogens with zero attached hydrogens (tertiary/aromatic N) is 4. The number of halogens is 1. The molecule has 0 aliphatic heterocycles. The Morgan fingerprint density at radius 1 is 0.929 bits per heavy atom. The number of guanidine groups is 1. The zero-order chi connectivity index (χ0) is 20.9. The van der Waals surface area contributed by atoms with Crippen LogP contribution in [-0.4, -0.2) is 40.8 Å². The number of aromatic nitrogens is 2. The number of anilines is 2. The van der Waals surface area contributed by atoms with Crippen molar-refractivity contribution in [2.75, 3.05) is 24.6 Å². The van der Waals surface area contributed by atoms with Gasteiger partial charge in [-0.3, -0.25) is 20.1 Å². The first kappa shape index (κ1) is 23.4. The molecular formula is C17H30ClN9O. The van der Waals surface area contributed by atoms with Gasteiger partial charge in [0, 0.05) is 13.1 Å². The van der Waals surface area contributed by atoms with Crippen molar-refractivity contribution in [2.45, 2.75) is 51.9 Å². The topological polar surface area (TPSA) is 184 Å². The first-order valence-corrected chi connectivity index (χ1v) is 9.65. The third-order valence-electron chi connectivity index (χ3n) is 3.82. The van der Waals surface area contributed by atoms with Gasteiger partial charge in [-0.1, -0.05) is 43.7 Å². The molecule has 1 heterocycles. The molecule has 0 aliphatic carbocycles. The summed E-state index contributed by atoms with van der Waals surface area (Å²) < 4.78 is 0. The molecule has 0 radical (unpaired) electrons. The van der Waals surface area contributed by atoms with Crippen molar-refractivity contribution in [1.29, 1.82) is 0 Å². The standard InChI is InChI=1S/C17H30ClN9O/c1-11(19)23-9-7-5-3-2-4-6-8-10-24-17(22)27-16(28)12-14(20)26-15(21)13(18)25-12/h2-10H2,1H3,(H2,19,23)(H4,20,21,26)(H3,22,24,27,28). The van der Waals surface area contributed by atoms with E-state index >= 15 is 0 Å². The van der Waals surface area contributed by atoms with E-state index in [4.69, 9.17) is 34.5 Å². The highest BCUT2D eigenvalue weighted by molar-refractivity contribution is 6.31. The zero-order valence-corrected chi connectivity index (χ0v) is 17.0. The van der Waals surface area contributed by atoms with Crippen LogP contribution in [0.1, 0.15) is 62.4 Å². The third-order valence-corrected chi connectivity index (χ3v) is 4.10. The Kier molecular flexibility index (Phi) is 10.6. The summed E-state index contributed by atoms with van der Waals surface area (Å²) in [5.74, 6) is -0.171. The lowest BCUT2D eigenvalue weighted by molar-refractivity contribution is 0.0972. The fraction of sp³-hybridized carbons (Fsp3) is 0.588. The molecule has 9 N–H and O–H groups in total. The maximum Gasteiger partial charge on any atom is 0.280 e. The van der Waals surface area contributed by atoms with Gasteiger partial charge in [-0.2, -0.15) is 0 Å². The third kappa shape index (κ3) is 9.36. The van der Waals surface area contributed by atoms with Crippen LogP contribution in [0.4, 0.5) is 11.6 Å². The van der Waals surface area contributed by atoms with Gasteiger partial charge in [0.1, 0.15) is 0 Å². The lowest BCUT2D eigenvalue weighted by Gasteiger charge is -2.07. The van der Waals surface area contributed by atoms with Crippen molar-refractivity contribution >= 4 is 40.9 Å². The van der Waals surface area contributed by atoms with E-state index in [0.717, 1.165) is 38.6 Å². The number of carbonyl (C=O) groups is 1. The molecule has 1 aromatic heterocycles. The number of hydrogen-bond acceptors (Lipinski definition) is 7. The van der Waals surface area contributed by atoms with E-state index in [1.165, 1.54) is 12.8 Å². The second-order valence-electron chi connectivity index (χ2n) is 6.35. The molecule has 0 aromatic carbocycles. The molecule has 0 atom stereocenters. The number of amides is 1. The van der Waals surface area contributed by atoms with E-state index in [9.17, 15) is 4.79 Å². The van der Waals surface area contributed by atoms with Crippen molar-refractivity contribution in [3.8, 4) is 0 Å². The van der Waals surface area contributed by atoms with Gasteiger partial charge in [-0.25, -0.2) is 9.97 Å². The molecule has 156 valence electrons. The molecule has 1 rings (SSSR count). The highest BCUT2D eigenvalue weighted by Gasteiger charge is 2.16. The molecule has 1 aromatic rings. The predicted octanol–water partition coefficient (Wildman–Crippen LogP) is 1.45. The highest BCUT2D eigenvalue weighted by atomic mass is 35.5. The van der Waals surface area contributed by atoms with Crippen LogP contribution < -0.4 is 28.3 Å². The molecule has 10 nitrogen and oxygen atoms in total. The van der Waals surface area contributed by atoms with Crippen LogP contribution in [0.15, 0.2) is 9.98 Å². The normalized spacial score (nSPS) is 12.2. The first-order valence-electron chi connectivity index (χ1n) is 9.27. The van der Waals surface area contributed by atoms with Crippen molar-refractivity contribution in [3.05, 3.63) is 10.8 Å². The molecule has 0 unspecified atom stereocenters. The van der Waals surface area contributed by atoms with Crippen molar-refractivity contribution < 1.29 is 4.79 Å². The van der Waals surface area contributed by atoms with E-state index in [1.807, 2.05) is 0 Å². The molecule has 11 heteroatoms. The van der Waals surface area contributed by atoms with Crippen LogP contribution in [0.5, 0.6) is 0 Å². The van der Waals surface area contributed by atoms with Crippen LogP contribution in [-0.2, 0) is 0 Å². The van der Waals surface area contributed by atoms with Crippen LogP contribution >= 0.6 is 11.6 Å². The van der Waals surface area contributed by atoms with Crippen LogP contribution in [0.3, 0.4) is 0 Å². The number of rotatable bonds is 11. The molecule has 0 saturated carbocycles. The fourth-order valence-electron chi connectivity index (χ4n) is 2.39. The number of carbonyl (C=O) groups excluding carboxylic acids is 1. The van der Waals surface area contributed by atoms with Gasteiger partial charge in [0.2, 0.25) is 0 Å². The number of hydrogen-bond donors (Lipinski definition) is 5. The minimum Gasteiger partial charge on any atom is -0.388 e. The quantitative estimate of drug-likeness (QED) is 0.207. The Morgan fingerprint density at radius 2 is 1.46 bits per heavy atom. The second kappa shape index (κ2) is 12.7. The Labute approximate surface area is 170 Å². The van der Waals surface area contributed by atoms with Crippen LogP contribution in [0.25, 0.3) is 0 Å². The number of nitrogens with one attached hydrogen (secondary N) is 1. The largest absolute Gasteiger partial charge is 0.388 e. The van der Waals surface area contributed by atoms with Crippen molar-refractivity contribution in [2.24, 2.45) is 21.5 Å². The Morgan fingerprint density at radius 3 is 2.04 bits per heavy atom. The van der Waals surface area contributed by atoms with Crippen LogP contribution in [0, 0.1) is 0 Å². The van der Waals surface area contributed by atoms with Gasteiger partial charge in [0.05, 0.1) is 5.84 Å². The summed E-state index contributed by atoms with van der Waals surface area (Å²) in [4.78, 5) is 27.9. The minimum absolute atomic E-state index is 0.00472. The van der Waals surface area contributed by atoms with Gasteiger partial charge < -0.3 is 22.9 Å². The molecule has 0 aliphatic rings. The Hall–Kier alpha value is -2.62. The number of nitrogens with two attached hydrogens (primary N) is 4. The molecule has 28 heavy (non-hydrogen) atoms. The molecular weight excluding hydrogens is 382 g/mol. The minimum atomic E-state index is -0.637. The lowest BCUT2D eigenvalue weighted by atomic mass is 10.1. The SMILES string of the molecule is CC(N)=NCCCCCCCCCN=C(N)NC(=O)c1nc(Cl)c(N)nc1N. The van der Waals surface area contributed by atoms with E-state index in [-0.39, 0.29) is 28.4 Å². The summed E-state index contributed by atoms with van der Waals surface area (Å²) in [6.45, 7) is 3.14. The Bertz CT molecular complexity index is 702. The molecule has 1 amide bonds. The average molecular weight is 412 g/mol. The van der Waals surface area contributed by atoms with E-state index in [0.29, 0.717) is 12.4 Å². The summed E-state index contributed by atoms with van der Waals surface area (Å²) in [5.41, 5.74) is 22.1. The van der Waals surface area contributed by atoms with Gasteiger partial charge in [-0.15, -0.1) is 0 Å². The summed E-state index contributed by atoms with van der Waals surface area (Å²) in [7, 11) is 0. The summed E-state index contributed by atoms with van der Waals surface area (Å²) >= 11 is 5.75. The monoisotopic (exact) mass is 411 g/mol. The summed E-state index contributed by atoms with van der Waals surface area (Å²) in [6.07, 6.45) is 7.68. The maximum absolute atomic E-state index is 12.1. The van der Waals surface area contributed by atoms with Crippen molar-refractivity contribution in [3.63, 3.8) is 0 Å².